The summed E-state index contributed by atoms with van der Waals surface area (Å²) in [5, 5.41) is 27.7. The van der Waals surface area contributed by atoms with Crippen molar-refractivity contribution in [2.24, 2.45) is 7.05 Å². The summed E-state index contributed by atoms with van der Waals surface area (Å²) in [6.07, 6.45) is 3.22. The van der Waals surface area contributed by atoms with Crippen LogP contribution in [0.2, 0.25) is 0 Å². The number of thiophene rings is 1. The number of amides is 20. The van der Waals surface area contributed by atoms with Crippen molar-refractivity contribution < 1.29 is 108 Å². The number of carbonyl (C=O) groups is 15. The highest BCUT2D eigenvalue weighted by molar-refractivity contribution is 7.19. The van der Waals surface area contributed by atoms with E-state index < -0.39 is 128 Å². The SMILES string of the molecule is CN(C)c1cc2c(cc1F)C(=O)N(CC1(c3ccc(F)cc3)NC(=O)NC1=O)C2.COc1ccc2c(c1)C(=O)N(CC1(c3cc4ccccc4s3)NC(=O)NC1=O)C2.COc1ccc2c(c1)C(=O)N(CC1(c3ccc(-c4csc(N)n4)cc3)NC(=O)NC1=O)C2.COc1ccc2c(c1)C(=O)N(CC1(c3nccn3C)NC(=O)NC1=O)C2.O=C1NC(=O)C(CN2Cc3cc(F)c(F)cc3C2=O)(c2ccc(F)cc2)N1. The molecule has 12 aromatic rings. The van der Waals surface area contributed by atoms with Crippen molar-refractivity contribution in [3.05, 3.63) is 312 Å². The van der Waals surface area contributed by atoms with E-state index in [4.69, 9.17) is 19.9 Å². The second-order valence-electron chi connectivity index (χ2n) is 34.9. The van der Waals surface area contributed by atoms with Crippen LogP contribution in [-0.2, 0) is 91.4 Å². The van der Waals surface area contributed by atoms with Gasteiger partial charge in [-0.25, -0.2) is 55.9 Å². The zero-order valence-electron chi connectivity index (χ0n) is 76.3. The molecule has 0 bridgehead atoms. The quantitative estimate of drug-likeness (QED) is 0.0252. The molecule has 22 rings (SSSR count). The van der Waals surface area contributed by atoms with Gasteiger partial charge in [0, 0.05) is 115 Å². The summed E-state index contributed by atoms with van der Waals surface area (Å²) in [7, 11) is 9.74. The van der Waals surface area contributed by atoms with Gasteiger partial charge in [0.1, 0.15) is 40.5 Å². The fraction of sp³-hybridized carbons (Fsp3) is 0.214. The van der Waals surface area contributed by atoms with E-state index >= 15 is 0 Å². The number of anilines is 2. The lowest BCUT2D eigenvalue weighted by molar-refractivity contribution is -0.125. The van der Waals surface area contributed by atoms with Gasteiger partial charge in [-0.05, 0) is 147 Å². The number of nitrogen functional groups attached to an aromatic ring is 1. The predicted octanol–water partition coefficient (Wildman–Crippen LogP) is 8.33. The lowest BCUT2D eigenvalue weighted by atomic mass is 9.88. The van der Waals surface area contributed by atoms with Gasteiger partial charge in [-0.3, -0.25) is 74.5 Å². The van der Waals surface area contributed by atoms with Crippen molar-refractivity contribution in [3.8, 4) is 28.5 Å². The Kier molecular flexibility index (Phi) is 25.0. The summed E-state index contributed by atoms with van der Waals surface area (Å²) in [6.45, 7) is 0.691. The van der Waals surface area contributed by atoms with Crippen LogP contribution in [0, 0.1) is 29.1 Å². The third-order valence-electron chi connectivity index (χ3n) is 25.9. The number of nitrogens with one attached hydrogen (secondary N) is 10. The summed E-state index contributed by atoms with van der Waals surface area (Å²) in [5.41, 5.74) is 6.72. The van der Waals surface area contributed by atoms with Gasteiger partial charge in [0.05, 0.1) is 65.4 Å². The van der Waals surface area contributed by atoms with E-state index in [0.717, 1.165) is 62.3 Å². The first kappa shape index (κ1) is 95.8. The highest BCUT2D eigenvalue weighted by Gasteiger charge is 2.57. The maximum absolute atomic E-state index is 14.3. The van der Waals surface area contributed by atoms with E-state index in [-0.39, 0.29) is 85.8 Å². The molecule has 45 heteroatoms. The number of hydrogen-bond acceptors (Lipinski definition) is 24. The topological polar surface area (TPSA) is 480 Å². The molecule has 5 atom stereocenters. The number of ether oxygens (including phenoxy) is 3. The molecule has 20 amide bonds. The lowest BCUT2D eigenvalue weighted by Gasteiger charge is -2.31. The number of urea groups is 5. The van der Waals surface area contributed by atoms with Crippen LogP contribution >= 0.6 is 22.7 Å². The number of imidazole rings is 1. The van der Waals surface area contributed by atoms with E-state index in [1.807, 2.05) is 66.0 Å². The second-order valence-corrected chi connectivity index (χ2v) is 36.9. The van der Waals surface area contributed by atoms with E-state index in [1.165, 1.54) is 94.1 Å². The summed E-state index contributed by atoms with van der Waals surface area (Å²) in [4.78, 5) is 206. The van der Waals surface area contributed by atoms with Gasteiger partial charge in [0.25, 0.3) is 59.1 Å². The molecule has 5 saturated heterocycles. The Bertz CT molecular complexity index is 7380. The van der Waals surface area contributed by atoms with Gasteiger partial charge in [0.2, 0.25) is 0 Å². The maximum atomic E-state index is 14.3. The number of carbonyl (C=O) groups excluding carboxylic acids is 15. The number of aryl methyl sites for hydroxylation is 1. The van der Waals surface area contributed by atoms with E-state index in [2.05, 4.69) is 63.1 Å². The number of nitrogens with two attached hydrogens (primary N) is 1. The molecular formula is C98H83F5N20O18S2. The molecule has 10 aliphatic rings. The molecule has 0 spiro atoms. The highest BCUT2D eigenvalue weighted by Crippen LogP contribution is 2.43. The monoisotopic (exact) mass is 1990 g/mol. The number of benzene rings is 9. The number of hydrogen-bond donors (Lipinski definition) is 11. The number of imide groups is 5. The van der Waals surface area contributed by atoms with Crippen LogP contribution < -0.4 is 78.0 Å². The van der Waals surface area contributed by atoms with Gasteiger partial charge in [-0.2, -0.15) is 0 Å². The fourth-order valence-electron chi connectivity index (χ4n) is 18.7. The molecule has 38 nitrogen and oxygen atoms in total. The first-order chi connectivity index (χ1) is 68.3. The Morgan fingerprint density at radius 2 is 0.748 bits per heavy atom. The Morgan fingerprint density at radius 1 is 0.399 bits per heavy atom. The first-order valence-corrected chi connectivity index (χ1v) is 45.5. The Balaban J connectivity index is 0.000000118. The van der Waals surface area contributed by atoms with Gasteiger partial charge in [-0.15, -0.1) is 22.7 Å². The normalized spacial score (nSPS) is 20.7. The van der Waals surface area contributed by atoms with Crippen LogP contribution in [0.25, 0.3) is 21.3 Å². The summed E-state index contributed by atoms with van der Waals surface area (Å²) < 4.78 is 86.2. The molecule has 5 fully saturated rings. The molecule has 0 saturated carbocycles. The van der Waals surface area contributed by atoms with Crippen LogP contribution in [0.3, 0.4) is 0 Å². The number of aromatic nitrogens is 3. The van der Waals surface area contributed by atoms with Crippen molar-refractivity contribution in [1.29, 1.82) is 0 Å². The number of halogens is 5. The van der Waals surface area contributed by atoms with Crippen molar-refractivity contribution >= 4 is 133 Å². The zero-order valence-corrected chi connectivity index (χ0v) is 77.9. The maximum Gasteiger partial charge on any atom is 0.322 e. The van der Waals surface area contributed by atoms with Gasteiger partial charge in [-0.1, -0.05) is 84.9 Å². The first-order valence-electron chi connectivity index (χ1n) is 43.8. The largest absolute Gasteiger partial charge is 0.497 e. The smallest absolute Gasteiger partial charge is 0.322 e. The van der Waals surface area contributed by atoms with Crippen LogP contribution in [0.15, 0.2) is 200 Å². The zero-order chi connectivity index (χ0) is 101. The number of thiazole rings is 1. The van der Waals surface area contributed by atoms with Crippen LogP contribution in [-0.4, -0.2) is 196 Å². The molecule has 0 aliphatic carbocycles. The van der Waals surface area contributed by atoms with Gasteiger partial charge in [0.15, 0.2) is 44.5 Å². The van der Waals surface area contributed by atoms with E-state index in [0.29, 0.717) is 91.8 Å². The summed E-state index contributed by atoms with van der Waals surface area (Å²) in [6, 6.07) is 44.1. The summed E-state index contributed by atoms with van der Waals surface area (Å²) >= 11 is 2.78. The van der Waals surface area contributed by atoms with Crippen molar-refractivity contribution in [3.63, 3.8) is 0 Å². The lowest BCUT2D eigenvalue weighted by Crippen LogP contribution is -2.54. The Hall–Kier alpha value is -17.5. The van der Waals surface area contributed by atoms with Crippen molar-refractivity contribution in [2.75, 3.05) is 78.8 Å². The molecule has 5 unspecified atom stereocenters. The molecular weight excluding hydrogens is 1900 g/mol. The predicted molar refractivity (Wildman–Crippen MR) is 501 cm³/mol. The number of nitrogens with zero attached hydrogens (tertiary/aromatic N) is 9. The molecule has 12 N–H and O–H groups in total. The van der Waals surface area contributed by atoms with Crippen LogP contribution in [0.4, 0.5) is 56.7 Å². The third kappa shape index (κ3) is 17.6. The Labute approximate surface area is 815 Å². The second kappa shape index (κ2) is 37.3. The van der Waals surface area contributed by atoms with E-state index in [1.54, 1.807) is 115 Å². The Morgan fingerprint density at radius 3 is 1.11 bits per heavy atom. The number of rotatable bonds is 20. The van der Waals surface area contributed by atoms with Crippen LogP contribution in [0.1, 0.15) is 107 Å². The summed E-state index contributed by atoms with van der Waals surface area (Å²) in [5.74, 6) is -6.15. The van der Waals surface area contributed by atoms with Gasteiger partial charge < -0.3 is 80.5 Å². The average Bonchev–Trinajstić information content (AvgIpc) is 1.61. The fourth-order valence-corrected chi connectivity index (χ4v) is 20.5. The molecule has 3 aromatic heterocycles. The minimum atomic E-state index is -1.64. The minimum absolute atomic E-state index is 0.00659. The molecule has 10 aliphatic heterocycles. The number of methoxy groups -OCH3 is 3. The van der Waals surface area contributed by atoms with Gasteiger partial charge >= 0.3 is 30.2 Å². The van der Waals surface area contributed by atoms with E-state index in [9.17, 15) is 93.9 Å². The minimum Gasteiger partial charge on any atom is -0.497 e. The molecule has 0 radical (unpaired) electrons. The number of fused-ring (bicyclic) bond motifs is 6. The standard InChI is InChI=1S/C22H19N5O4S.C21H17N3O4S.C20H18F2N4O3.C18H12F3N3O3.C17H17N5O4/c1-31-15-7-4-13-9-27(18(28)16(13)8-15)11-22(19(29)25-21(30)26-22)14-5-2-12(3-6-14)17-10-32-20(23)24-17;1-28-14-7-6-13-10-24(18(25)15(13)9-14)11-21(19(26)22-20(27)23-21)17-8-12-4-2-3-5-16(12)29-17;1-25(2)16-7-11-9-26(17(27)14(11)8-15(16)22)10-20(18(28)23-19(29)24-20)12-3-5-13(21)6-4-12;19-11-3-1-10(2-4-11)18(16(26)22-17(27)23-18)8-24-7-9-5-13(20)14(21)6-12(9)15(24)25;1-21-6-5-18-14(21)17(15(24)19-16(25)20-17)9-22-8-10-3-4-11(26-2)7-12(10)13(22)23/h2-8,10H,9,11H2,1H3,(H2,23,24)(H2,25,26,29,30);2-9H,10-11H2,1H3,(H2,22,23,26,27);3-8H,9-10H2,1-2H3,(H2,23,24,28,29);1-6H,7-8H2,(H2,22,23,26,27);3-7H,8-9H2,1-2H3,(H2,19,20,24,25). The molecule has 730 valence electrons. The highest BCUT2D eigenvalue weighted by atomic mass is 32.1. The third-order valence-corrected chi connectivity index (χ3v) is 27.9. The molecule has 143 heavy (non-hydrogen) atoms. The van der Waals surface area contributed by atoms with Crippen molar-refractivity contribution in [2.45, 2.75) is 60.4 Å². The van der Waals surface area contributed by atoms with Crippen molar-refractivity contribution in [1.82, 2.24) is 92.2 Å². The molecule has 9 aromatic carbocycles. The average molecular weight is 1990 g/mol. The molecule has 13 heterocycles. The van der Waals surface area contributed by atoms with Crippen LogP contribution in [0.5, 0.6) is 17.2 Å².